The Labute approximate surface area is 123 Å². The summed E-state index contributed by atoms with van der Waals surface area (Å²) < 4.78 is 28.8. The molecule has 1 aliphatic rings. The van der Waals surface area contributed by atoms with E-state index in [1.165, 1.54) is 0 Å². The van der Waals surface area contributed by atoms with Crippen molar-refractivity contribution in [1.29, 1.82) is 0 Å². The van der Waals surface area contributed by atoms with Crippen molar-refractivity contribution in [3.63, 3.8) is 0 Å². The van der Waals surface area contributed by atoms with E-state index in [0.717, 1.165) is 37.3 Å². The lowest BCUT2D eigenvalue weighted by Crippen LogP contribution is -2.42. The van der Waals surface area contributed by atoms with E-state index in [-0.39, 0.29) is 29.1 Å². The van der Waals surface area contributed by atoms with Gasteiger partial charge in [0.05, 0.1) is 18.4 Å². The van der Waals surface area contributed by atoms with E-state index in [2.05, 4.69) is 4.37 Å². The monoisotopic (exact) mass is 319 g/mol. The number of rotatable bonds is 5. The Hall–Kier alpha value is -0.860. The summed E-state index contributed by atoms with van der Waals surface area (Å²) in [5.74, 6) is 0.154. The average Bonchev–Trinajstić information content (AvgIpc) is 2.81. The maximum atomic E-state index is 12.4. The van der Waals surface area contributed by atoms with Crippen LogP contribution in [0.25, 0.3) is 0 Å². The quantitative estimate of drug-likeness (QED) is 0.848. The maximum Gasteiger partial charge on any atom is 0.185 e. The van der Waals surface area contributed by atoms with Crippen molar-refractivity contribution in [2.24, 2.45) is 0 Å². The Bertz CT molecular complexity index is 556. The van der Waals surface area contributed by atoms with Crippen LogP contribution in [-0.4, -0.2) is 42.8 Å². The first-order chi connectivity index (χ1) is 9.51. The number of piperidine rings is 1. The van der Waals surface area contributed by atoms with E-state index in [4.69, 9.17) is 5.73 Å². The third-order valence-electron chi connectivity index (χ3n) is 3.54. The van der Waals surface area contributed by atoms with Crippen molar-refractivity contribution in [2.75, 3.05) is 29.5 Å². The van der Waals surface area contributed by atoms with Crippen LogP contribution in [0.2, 0.25) is 0 Å². The standard InChI is InChI=1S/C12H21N3O3S2/c1-2-7-20(17,18)10-11(13)14-19-12(10)15-6-4-3-5-9(15)8-16/h9,16H,2-8H2,1H3,(H2,13,14). The third kappa shape index (κ3) is 2.91. The first-order valence-corrected chi connectivity index (χ1v) is 9.29. The van der Waals surface area contributed by atoms with Crippen molar-refractivity contribution < 1.29 is 13.5 Å². The summed E-state index contributed by atoms with van der Waals surface area (Å²) in [4.78, 5) is 2.12. The second-order valence-electron chi connectivity index (χ2n) is 5.05. The Kier molecular flexibility index (Phi) is 4.87. The smallest absolute Gasteiger partial charge is 0.185 e. The number of sulfone groups is 1. The van der Waals surface area contributed by atoms with E-state index in [1.54, 1.807) is 0 Å². The summed E-state index contributed by atoms with van der Waals surface area (Å²) in [7, 11) is -3.41. The summed E-state index contributed by atoms with van der Waals surface area (Å²) >= 11 is 1.12. The van der Waals surface area contributed by atoms with Crippen molar-refractivity contribution in [3.05, 3.63) is 0 Å². The Morgan fingerprint density at radius 3 is 2.90 bits per heavy atom. The van der Waals surface area contributed by atoms with Gasteiger partial charge in [0.2, 0.25) is 0 Å². The second-order valence-corrected chi connectivity index (χ2v) is 7.84. The van der Waals surface area contributed by atoms with Crippen LogP contribution >= 0.6 is 11.5 Å². The fourth-order valence-corrected chi connectivity index (χ4v) is 5.44. The van der Waals surface area contributed by atoms with Gasteiger partial charge in [0.1, 0.15) is 9.90 Å². The fourth-order valence-electron chi connectivity index (χ4n) is 2.59. The maximum absolute atomic E-state index is 12.4. The summed E-state index contributed by atoms with van der Waals surface area (Å²) in [6, 6.07) is -0.0424. The number of hydrogen-bond donors (Lipinski definition) is 2. The van der Waals surface area contributed by atoms with E-state index >= 15 is 0 Å². The summed E-state index contributed by atoms with van der Waals surface area (Å²) in [6.45, 7) is 2.58. The Balaban J connectivity index is 2.42. The molecule has 0 saturated carbocycles. The highest BCUT2D eigenvalue weighted by molar-refractivity contribution is 7.91. The van der Waals surface area contributed by atoms with Gasteiger partial charge < -0.3 is 15.7 Å². The zero-order valence-corrected chi connectivity index (χ0v) is 13.2. The molecule has 8 heteroatoms. The fraction of sp³-hybridized carbons (Fsp3) is 0.750. The van der Waals surface area contributed by atoms with Crippen LogP contribution in [0.1, 0.15) is 32.6 Å². The van der Waals surface area contributed by atoms with Gasteiger partial charge in [-0.1, -0.05) is 6.92 Å². The van der Waals surface area contributed by atoms with E-state index in [1.807, 2.05) is 11.8 Å². The lowest BCUT2D eigenvalue weighted by molar-refractivity contribution is 0.240. The van der Waals surface area contributed by atoms with Crippen LogP contribution < -0.4 is 10.6 Å². The molecule has 2 heterocycles. The lowest BCUT2D eigenvalue weighted by Gasteiger charge is -2.35. The molecular weight excluding hydrogens is 298 g/mol. The minimum Gasteiger partial charge on any atom is -0.394 e. The minimum atomic E-state index is -3.41. The molecule has 6 nitrogen and oxygen atoms in total. The molecule has 0 aliphatic carbocycles. The van der Waals surface area contributed by atoms with Crippen LogP contribution in [-0.2, 0) is 9.84 Å². The Morgan fingerprint density at radius 2 is 2.25 bits per heavy atom. The minimum absolute atomic E-state index is 0.0189. The molecule has 1 aromatic heterocycles. The van der Waals surface area contributed by atoms with Crippen molar-refractivity contribution in [3.8, 4) is 0 Å². The van der Waals surface area contributed by atoms with Crippen LogP contribution in [0.15, 0.2) is 4.90 Å². The second kappa shape index (κ2) is 6.28. The highest BCUT2D eigenvalue weighted by Crippen LogP contribution is 2.38. The van der Waals surface area contributed by atoms with Gasteiger partial charge >= 0.3 is 0 Å². The summed E-state index contributed by atoms with van der Waals surface area (Å²) in [5.41, 5.74) is 5.78. The predicted molar refractivity (Wildman–Crippen MR) is 80.9 cm³/mol. The van der Waals surface area contributed by atoms with Gasteiger partial charge in [-0.05, 0) is 37.2 Å². The predicted octanol–water partition coefficient (Wildman–Crippen LogP) is 1.26. The highest BCUT2D eigenvalue weighted by Gasteiger charge is 2.32. The number of aromatic nitrogens is 1. The van der Waals surface area contributed by atoms with Crippen LogP contribution in [0.3, 0.4) is 0 Å². The normalized spacial score (nSPS) is 20.3. The van der Waals surface area contributed by atoms with Crippen LogP contribution in [0.5, 0.6) is 0 Å². The molecule has 20 heavy (non-hydrogen) atoms. The number of aliphatic hydroxyl groups is 1. The zero-order valence-electron chi connectivity index (χ0n) is 11.6. The van der Waals surface area contributed by atoms with E-state index in [9.17, 15) is 13.5 Å². The molecule has 1 aliphatic heterocycles. The molecule has 1 unspecified atom stereocenters. The zero-order chi connectivity index (χ0) is 14.8. The van der Waals surface area contributed by atoms with Gasteiger partial charge in [-0.3, -0.25) is 0 Å². The molecule has 3 N–H and O–H groups in total. The first-order valence-electron chi connectivity index (χ1n) is 6.86. The van der Waals surface area contributed by atoms with E-state index < -0.39 is 9.84 Å². The van der Waals surface area contributed by atoms with Gasteiger partial charge in [0.15, 0.2) is 15.7 Å². The van der Waals surface area contributed by atoms with Crippen molar-refractivity contribution >= 4 is 32.2 Å². The first kappa shape index (κ1) is 15.5. The van der Waals surface area contributed by atoms with E-state index in [0.29, 0.717) is 11.4 Å². The molecular formula is C12H21N3O3S2. The molecule has 0 aromatic carbocycles. The number of nitrogens with zero attached hydrogens (tertiary/aromatic N) is 2. The third-order valence-corrected chi connectivity index (χ3v) is 6.54. The lowest BCUT2D eigenvalue weighted by atomic mass is 10.0. The molecule has 0 bridgehead atoms. The molecule has 0 amide bonds. The van der Waals surface area contributed by atoms with Gasteiger partial charge in [0, 0.05) is 6.54 Å². The van der Waals surface area contributed by atoms with Crippen molar-refractivity contribution in [2.45, 2.75) is 43.5 Å². The molecule has 1 aromatic rings. The molecule has 114 valence electrons. The number of nitrogen functional groups attached to an aromatic ring is 1. The van der Waals surface area contributed by atoms with Gasteiger partial charge in [0.25, 0.3) is 0 Å². The Morgan fingerprint density at radius 1 is 1.50 bits per heavy atom. The van der Waals surface area contributed by atoms with Crippen molar-refractivity contribution in [1.82, 2.24) is 4.37 Å². The summed E-state index contributed by atoms with van der Waals surface area (Å²) in [6.07, 6.45) is 3.44. The number of anilines is 2. The van der Waals surface area contributed by atoms with Gasteiger partial charge in [-0.2, -0.15) is 4.37 Å². The number of hydrogen-bond acceptors (Lipinski definition) is 7. The molecule has 2 rings (SSSR count). The highest BCUT2D eigenvalue weighted by atomic mass is 32.2. The van der Waals surface area contributed by atoms with Gasteiger partial charge in [-0.15, -0.1) is 0 Å². The SMILES string of the molecule is CCCS(=O)(=O)c1c(N)nsc1N1CCCCC1CO. The topological polar surface area (TPSA) is 96.5 Å². The number of aliphatic hydroxyl groups excluding tert-OH is 1. The molecule has 1 atom stereocenters. The summed E-state index contributed by atoms with van der Waals surface area (Å²) in [5, 5.41) is 10.1. The number of nitrogens with two attached hydrogens (primary N) is 1. The molecule has 1 fully saturated rings. The van der Waals surface area contributed by atoms with Gasteiger partial charge in [-0.25, -0.2) is 8.42 Å². The van der Waals surface area contributed by atoms with Crippen LogP contribution in [0, 0.1) is 0 Å². The average molecular weight is 319 g/mol. The molecule has 0 radical (unpaired) electrons. The molecule has 1 saturated heterocycles. The molecule has 0 spiro atoms. The largest absolute Gasteiger partial charge is 0.394 e. The van der Waals surface area contributed by atoms with Crippen LogP contribution in [0.4, 0.5) is 10.8 Å².